The van der Waals surface area contributed by atoms with Crippen molar-refractivity contribution in [2.75, 3.05) is 89.7 Å². The van der Waals surface area contributed by atoms with Crippen LogP contribution in [0.15, 0.2) is 72.8 Å². The van der Waals surface area contributed by atoms with Crippen molar-refractivity contribution in [1.82, 2.24) is 10.6 Å². The van der Waals surface area contributed by atoms with Gasteiger partial charge in [-0.05, 0) is 72.8 Å². The highest BCUT2D eigenvalue weighted by molar-refractivity contribution is 6.07. The molecule has 0 bridgehead atoms. The van der Waals surface area contributed by atoms with Gasteiger partial charge in [0.15, 0.2) is 0 Å². The SMILES string of the molecule is C[N+](C)(C)CCCNC(=O)Nc1ccc(NC(=O)c2ccc(C(=O)Nc3ccc(NC(=O)NCCC[N+](C)(C)C)cc3)cc2)cc1. The Kier molecular flexibility index (Phi) is 12.7. The number of carbonyl (C=O) groups excluding carboxylic acids is 4. The predicted molar refractivity (Wildman–Crippen MR) is 184 cm³/mol. The Hall–Kier alpha value is -4.94. The standard InChI is InChI=1S/C34H46N8O4/c1-41(2,3)23-7-21-35-33(45)39-29-17-13-27(14-18-29)37-31(43)25-9-11-26(12-10-25)32(44)38-28-15-19-30(20-16-28)40-34(46)36-22-8-24-42(4,5)6/h9-20H,7-8,21-24H2,1-6H3,(H4-2,35,36,37,38,39,40,43,44,45,46)/p+2. The van der Waals surface area contributed by atoms with E-state index >= 15 is 0 Å². The molecular formula is C34H48N8O4+2. The maximum atomic E-state index is 12.8. The van der Waals surface area contributed by atoms with Crippen LogP contribution in [0.4, 0.5) is 32.3 Å². The highest BCUT2D eigenvalue weighted by atomic mass is 16.2. The van der Waals surface area contributed by atoms with Crippen LogP contribution in [-0.2, 0) is 0 Å². The molecule has 0 aliphatic rings. The minimum Gasteiger partial charge on any atom is -0.338 e. The average molecular weight is 633 g/mol. The molecule has 6 N–H and O–H groups in total. The predicted octanol–water partition coefficient (Wildman–Crippen LogP) is 4.63. The van der Waals surface area contributed by atoms with Gasteiger partial charge >= 0.3 is 12.1 Å². The fourth-order valence-electron chi connectivity index (χ4n) is 4.31. The van der Waals surface area contributed by atoms with E-state index in [-0.39, 0.29) is 23.9 Å². The van der Waals surface area contributed by atoms with Crippen LogP contribution in [0, 0.1) is 0 Å². The summed E-state index contributed by atoms with van der Waals surface area (Å²) in [6.07, 6.45) is 1.75. The molecule has 0 aliphatic carbocycles. The first-order chi connectivity index (χ1) is 21.7. The fraction of sp³-hybridized carbons (Fsp3) is 0.353. The molecule has 0 unspecified atom stereocenters. The first-order valence-electron chi connectivity index (χ1n) is 15.3. The number of nitrogens with one attached hydrogen (secondary N) is 6. The largest absolute Gasteiger partial charge is 0.338 e. The second kappa shape index (κ2) is 16.4. The molecule has 0 heterocycles. The van der Waals surface area contributed by atoms with Crippen molar-refractivity contribution in [2.45, 2.75) is 12.8 Å². The number of amides is 6. The molecule has 12 nitrogen and oxygen atoms in total. The van der Waals surface area contributed by atoms with Crippen LogP contribution in [-0.4, -0.2) is 101 Å². The molecule has 3 rings (SSSR count). The third-order valence-corrected chi connectivity index (χ3v) is 6.79. The van der Waals surface area contributed by atoms with Crippen molar-refractivity contribution in [2.24, 2.45) is 0 Å². The summed E-state index contributed by atoms with van der Waals surface area (Å²) in [7, 11) is 12.6. The quantitative estimate of drug-likeness (QED) is 0.114. The summed E-state index contributed by atoms with van der Waals surface area (Å²) in [4.78, 5) is 49.8. The summed E-state index contributed by atoms with van der Waals surface area (Å²) in [5.74, 6) is -0.661. The summed E-state index contributed by atoms with van der Waals surface area (Å²) in [5, 5.41) is 16.9. The molecule has 12 heteroatoms. The molecule has 0 spiro atoms. The van der Waals surface area contributed by atoms with Crippen LogP contribution >= 0.6 is 0 Å². The van der Waals surface area contributed by atoms with Gasteiger partial charge in [-0.25, -0.2) is 9.59 Å². The smallest absolute Gasteiger partial charge is 0.319 e. The number of quaternary nitrogens is 2. The minimum atomic E-state index is -0.330. The van der Waals surface area contributed by atoms with E-state index in [0.717, 1.165) is 34.9 Å². The van der Waals surface area contributed by atoms with Crippen molar-refractivity contribution in [3.63, 3.8) is 0 Å². The maximum absolute atomic E-state index is 12.8. The van der Waals surface area contributed by atoms with Crippen LogP contribution in [0.5, 0.6) is 0 Å². The Morgan fingerprint density at radius 3 is 1.02 bits per heavy atom. The molecule has 0 atom stereocenters. The van der Waals surface area contributed by atoms with Gasteiger partial charge in [0.05, 0.1) is 55.4 Å². The van der Waals surface area contributed by atoms with Crippen LogP contribution < -0.4 is 31.9 Å². The number of carbonyl (C=O) groups is 4. The average Bonchev–Trinajstić information content (AvgIpc) is 2.99. The molecule has 0 radical (unpaired) electrons. The lowest BCUT2D eigenvalue weighted by atomic mass is 10.1. The van der Waals surface area contributed by atoms with Gasteiger partial charge < -0.3 is 40.9 Å². The molecular weight excluding hydrogens is 584 g/mol. The van der Waals surface area contributed by atoms with Crippen molar-refractivity contribution in [1.29, 1.82) is 0 Å². The van der Waals surface area contributed by atoms with Crippen LogP contribution in [0.2, 0.25) is 0 Å². The number of nitrogens with zero attached hydrogens (tertiary/aromatic N) is 2. The summed E-state index contributed by atoms with van der Waals surface area (Å²) >= 11 is 0. The monoisotopic (exact) mass is 632 g/mol. The van der Waals surface area contributed by atoms with Crippen molar-refractivity contribution in [3.05, 3.63) is 83.9 Å². The van der Waals surface area contributed by atoms with Gasteiger partial charge in [-0.15, -0.1) is 0 Å². The van der Waals surface area contributed by atoms with E-state index in [1.807, 2.05) is 0 Å². The molecule has 0 aliphatic heterocycles. The molecule has 0 saturated heterocycles. The first-order valence-corrected chi connectivity index (χ1v) is 15.3. The van der Waals surface area contributed by atoms with Crippen molar-refractivity contribution in [3.8, 4) is 0 Å². The van der Waals surface area contributed by atoms with Crippen LogP contribution in [0.1, 0.15) is 33.6 Å². The Bertz CT molecular complexity index is 1350. The highest BCUT2D eigenvalue weighted by Crippen LogP contribution is 2.17. The van der Waals surface area contributed by atoms with Crippen LogP contribution in [0.25, 0.3) is 0 Å². The number of urea groups is 2. The molecule has 0 saturated carbocycles. The van der Waals surface area contributed by atoms with Gasteiger partial charge in [0.1, 0.15) is 0 Å². The van der Waals surface area contributed by atoms with Crippen LogP contribution in [0.3, 0.4) is 0 Å². The van der Waals surface area contributed by atoms with E-state index < -0.39 is 0 Å². The number of hydrogen-bond acceptors (Lipinski definition) is 4. The first kappa shape index (κ1) is 35.5. The Morgan fingerprint density at radius 1 is 0.457 bits per heavy atom. The van der Waals surface area contributed by atoms with Gasteiger partial charge in [0.25, 0.3) is 11.8 Å². The Balaban J connectivity index is 1.42. The second-order valence-electron chi connectivity index (χ2n) is 13.1. The number of hydrogen-bond donors (Lipinski definition) is 6. The van der Waals surface area contributed by atoms with Gasteiger partial charge in [-0.1, -0.05) is 0 Å². The number of benzene rings is 3. The molecule has 6 amide bonds. The molecule has 0 aromatic heterocycles. The summed E-state index contributed by atoms with van der Waals surface area (Å²) in [6.45, 7) is 3.08. The fourth-order valence-corrected chi connectivity index (χ4v) is 4.31. The third-order valence-electron chi connectivity index (χ3n) is 6.79. The third kappa shape index (κ3) is 13.4. The lowest BCUT2D eigenvalue weighted by Crippen LogP contribution is -2.38. The van der Waals surface area contributed by atoms with E-state index in [1.54, 1.807) is 72.8 Å². The van der Waals surface area contributed by atoms with E-state index in [2.05, 4.69) is 74.2 Å². The maximum Gasteiger partial charge on any atom is 0.319 e. The van der Waals surface area contributed by atoms with Gasteiger partial charge in [0.2, 0.25) is 0 Å². The second-order valence-corrected chi connectivity index (χ2v) is 13.1. The Labute approximate surface area is 271 Å². The van der Waals surface area contributed by atoms with Crippen molar-refractivity contribution >= 4 is 46.6 Å². The van der Waals surface area contributed by atoms with Crippen molar-refractivity contribution < 1.29 is 28.1 Å². The van der Waals surface area contributed by atoms with Gasteiger partial charge in [-0.2, -0.15) is 0 Å². The van der Waals surface area contributed by atoms with Gasteiger partial charge in [0, 0.05) is 59.8 Å². The molecule has 3 aromatic carbocycles. The summed E-state index contributed by atoms with van der Waals surface area (Å²) < 4.78 is 1.68. The molecule has 3 aromatic rings. The molecule has 46 heavy (non-hydrogen) atoms. The van der Waals surface area contributed by atoms with E-state index in [0.29, 0.717) is 47.0 Å². The van der Waals surface area contributed by atoms with E-state index in [9.17, 15) is 19.2 Å². The zero-order valence-corrected chi connectivity index (χ0v) is 27.7. The summed E-state index contributed by atoms with van der Waals surface area (Å²) in [6, 6.07) is 19.4. The number of rotatable bonds is 14. The zero-order valence-electron chi connectivity index (χ0n) is 27.7. The van der Waals surface area contributed by atoms with E-state index in [1.165, 1.54) is 0 Å². The zero-order chi connectivity index (χ0) is 33.7. The minimum absolute atomic E-state index is 0.280. The molecule has 246 valence electrons. The van der Waals surface area contributed by atoms with Gasteiger partial charge in [-0.3, -0.25) is 9.59 Å². The molecule has 0 fully saturated rings. The topological polar surface area (TPSA) is 140 Å². The van der Waals surface area contributed by atoms with E-state index in [4.69, 9.17) is 0 Å². The Morgan fingerprint density at radius 2 is 0.739 bits per heavy atom. The summed E-state index contributed by atoms with van der Waals surface area (Å²) in [5.41, 5.74) is 3.12. The lowest BCUT2D eigenvalue weighted by molar-refractivity contribution is -0.870. The lowest BCUT2D eigenvalue weighted by Gasteiger charge is -2.23. The normalized spacial score (nSPS) is 11.3. The number of anilines is 4. The highest BCUT2D eigenvalue weighted by Gasteiger charge is 2.12.